The largest absolute Gasteiger partial charge is 0.306 e. The minimum absolute atomic E-state index is 0.0311. The maximum absolute atomic E-state index is 13.3. The molecule has 18 heavy (non-hydrogen) atoms. The van der Waals surface area contributed by atoms with Crippen molar-refractivity contribution < 1.29 is 17.5 Å². The van der Waals surface area contributed by atoms with Gasteiger partial charge in [-0.1, -0.05) is 12.1 Å². The molecule has 6 heteroatoms. The van der Waals surface area contributed by atoms with E-state index < -0.39 is 28.5 Å². The second-order valence-corrected chi connectivity index (χ2v) is 5.57. The summed E-state index contributed by atoms with van der Waals surface area (Å²) in [5.41, 5.74) is 0.288. The Morgan fingerprint density at radius 3 is 2.44 bits per heavy atom. The SMILES string of the molecule is CC(C)(NC[C@H](F)CS(=O)O)c1ccc(F)cc1. The normalized spacial score (nSPS) is 15.4. The summed E-state index contributed by atoms with van der Waals surface area (Å²) in [6.07, 6.45) is -1.39. The van der Waals surface area contributed by atoms with Crippen molar-refractivity contribution >= 4 is 11.1 Å². The van der Waals surface area contributed by atoms with Gasteiger partial charge in [0.15, 0.2) is 11.1 Å². The Hall–Kier alpha value is -0.850. The van der Waals surface area contributed by atoms with Crippen molar-refractivity contribution in [1.29, 1.82) is 0 Å². The topological polar surface area (TPSA) is 49.3 Å². The highest BCUT2D eigenvalue weighted by Crippen LogP contribution is 2.20. The predicted molar refractivity (Wildman–Crippen MR) is 68.0 cm³/mol. The van der Waals surface area contributed by atoms with E-state index in [-0.39, 0.29) is 12.4 Å². The van der Waals surface area contributed by atoms with Crippen LogP contribution in [-0.4, -0.2) is 27.2 Å². The van der Waals surface area contributed by atoms with Crippen LogP contribution in [0.5, 0.6) is 0 Å². The standard InChI is InChI=1S/C12H17F2NO2S/c1-12(2,9-3-5-10(13)6-4-9)15-7-11(14)8-18(16)17/h3-6,11,15H,7-8H2,1-2H3,(H,16,17)/t11-/m0/s1. The van der Waals surface area contributed by atoms with Gasteiger partial charge in [-0.2, -0.15) is 0 Å². The summed E-state index contributed by atoms with van der Waals surface area (Å²) in [4.78, 5) is 0. The van der Waals surface area contributed by atoms with Gasteiger partial charge in [0.1, 0.15) is 12.0 Å². The summed E-state index contributed by atoms with van der Waals surface area (Å²) in [7, 11) is 0. The number of hydrogen-bond donors (Lipinski definition) is 2. The van der Waals surface area contributed by atoms with Crippen LogP contribution in [0.2, 0.25) is 0 Å². The van der Waals surface area contributed by atoms with E-state index in [2.05, 4.69) is 5.32 Å². The van der Waals surface area contributed by atoms with Crippen LogP contribution in [0.3, 0.4) is 0 Å². The first-order chi connectivity index (χ1) is 8.31. The van der Waals surface area contributed by atoms with E-state index in [0.29, 0.717) is 0 Å². The number of rotatable bonds is 6. The summed E-state index contributed by atoms with van der Waals surface area (Å²) >= 11 is -2.14. The van der Waals surface area contributed by atoms with E-state index in [1.165, 1.54) is 12.1 Å². The monoisotopic (exact) mass is 277 g/mol. The molecule has 0 spiro atoms. The van der Waals surface area contributed by atoms with E-state index in [1.54, 1.807) is 12.1 Å². The van der Waals surface area contributed by atoms with Crippen LogP contribution in [-0.2, 0) is 16.6 Å². The Morgan fingerprint density at radius 2 is 1.94 bits per heavy atom. The quantitative estimate of drug-likeness (QED) is 0.784. The van der Waals surface area contributed by atoms with Crippen LogP contribution in [0, 0.1) is 5.82 Å². The van der Waals surface area contributed by atoms with Gasteiger partial charge in [0.25, 0.3) is 0 Å². The van der Waals surface area contributed by atoms with E-state index in [1.807, 2.05) is 13.8 Å². The van der Waals surface area contributed by atoms with Crippen molar-refractivity contribution in [3.05, 3.63) is 35.6 Å². The summed E-state index contributed by atoms with van der Waals surface area (Å²) < 4.78 is 45.1. The fourth-order valence-corrected chi connectivity index (χ4v) is 1.98. The molecule has 0 radical (unpaired) electrons. The second kappa shape index (κ2) is 6.36. The lowest BCUT2D eigenvalue weighted by Gasteiger charge is -2.27. The molecule has 2 N–H and O–H groups in total. The zero-order valence-electron chi connectivity index (χ0n) is 10.3. The average molecular weight is 277 g/mol. The Balaban J connectivity index is 2.59. The zero-order valence-corrected chi connectivity index (χ0v) is 11.1. The lowest BCUT2D eigenvalue weighted by atomic mass is 9.94. The Kier molecular flexibility index (Phi) is 5.37. The highest BCUT2D eigenvalue weighted by molar-refractivity contribution is 7.79. The molecule has 1 aromatic rings. The van der Waals surface area contributed by atoms with Gasteiger partial charge in [-0.05, 0) is 31.5 Å². The van der Waals surface area contributed by atoms with Gasteiger partial charge < -0.3 is 9.87 Å². The Morgan fingerprint density at radius 1 is 1.39 bits per heavy atom. The van der Waals surface area contributed by atoms with Crippen LogP contribution in [0.15, 0.2) is 24.3 Å². The van der Waals surface area contributed by atoms with Gasteiger partial charge in [-0.3, -0.25) is 0 Å². The smallest absolute Gasteiger partial charge is 0.155 e. The van der Waals surface area contributed by atoms with Crippen LogP contribution in [0.1, 0.15) is 19.4 Å². The lowest BCUT2D eigenvalue weighted by molar-refractivity contribution is 0.297. The lowest BCUT2D eigenvalue weighted by Crippen LogP contribution is -2.41. The number of alkyl halides is 1. The summed E-state index contributed by atoms with van der Waals surface area (Å²) in [5, 5.41) is 2.96. The summed E-state index contributed by atoms with van der Waals surface area (Å²) in [6, 6.07) is 5.93. The molecule has 0 aliphatic heterocycles. The van der Waals surface area contributed by atoms with Crippen LogP contribution >= 0.6 is 0 Å². The fourth-order valence-electron chi connectivity index (χ4n) is 1.55. The minimum atomic E-state index is -2.14. The number of benzene rings is 1. The van der Waals surface area contributed by atoms with Gasteiger partial charge in [-0.15, -0.1) is 0 Å². The van der Waals surface area contributed by atoms with Crippen molar-refractivity contribution in [2.24, 2.45) is 0 Å². The minimum Gasteiger partial charge on any atom is -0.306 e. The highest BCUT2D eigenvalue weighted by Gasteiger charge is 2.22. The average Bonchev–Trinajstić information content (AvgIpc) is 2.26. The molecule has 0 fully saturated rings. The van der Waals surface area contributed by atoms with Gasteiger partial charge >= 0.3 is 0 Å². The van der Waals surface area contributed by atoms with Crippen molar-refractivity contribution in [2.45, 2.75) is 25.6 Å². The van der Waals surface area contributed by atoms with E-state index in [9.17, 15) is 13.0 Å². The number of hydrogen-bond acceptors (Lipinski definition) is 2. The summed E-state index contributed by atoms with van der Waals surface area (Å²) in [5.74, 6) is -0.736. The Labute approximate surface area is 108 Å². The maximum Gasteiger partial charge on any atom is 0.155 e. The third-order valence-electron chi connectivity index (χ3n) is 2.65. The molecule has 0 bridgehead atoms. The molecule has 0 saturated carbocycles. The molecule has 0 aliphatic carbocycles. The number of halogens is 2. The second-order valence-electron chi connectivity index (χ2n) is 4.60. The zero-order chi connectivity index (χ0) is 13.8. The van der Waals surface area contributed by atoms with Gasteiger partial charge in [0.05, 0.1) is 5.75 Å². The van der Waals surface area contributed by atoms with Gasteiger partial charge in [0, 0.05) is 12.1 Å². The van der Waals surface area contributed by atoms with Crippen molar-refractivity contribution in [3.63, 3.8) is 0 Å². The molecule has 0 heterocycles. The van der Waals surface area contributed by atoms with Gasteiger partial charge in [-0.25, -0.2) is 13.0 Å². The molecule has 3 nitrogen and oxygen atoms in total. The first-order valence-electron chi connectivity index (χ1n) is 5.54. The molecule has 1 unspecified atom stereocenters. The molecular weight excluding hydrogens is 260 g/mol. The van der Waals surface area contributed by atoms with Crippen LogP contribution in [0.25, 0.3) is 0 Å². The molecule has 0 saturated heterocycles. The predicted octanol–water partition coefficient (Wildman–Crippen LogP) is 2.21. The summed E-state index contributed by atoms with van der Waals surface area (Å²) in [6.45, 7) is 3.64. The highest BCUT2D eigenvalue weighted by atomic mass is 32.2. The van der Waals surface area contributed by atoms with Crippen molar-refractivity contribution in [3.8, 4) is 0 Å². The van der Waals surface area contributed by atoms with Crippen molar-refractivity contribution in [2.75, 3.05) is 12.3 Å². The molecule has 0 aliphatic rings. The van der Waals surface area contributed by atoms with E-state index in [0.717, 1.165) is 5.56 Å². The first-order valence-corrected chi connectivity index (χ1v) is 6.81. The molecule has 0 aromatic heterocycles. The third kappa shape index (κ3) is 4.80. The molecular formula is C12H17F2NO2S. The third-order valence-corrected chi connectivity index (χ3v) is 3.30. The van der Waals surface area contributed by atoms with E-state index >= 15 is 0 Å². The first kappa shape index (κ1) is 15.2. The molecule has 1 aromatic carbocycles. The van der Waals surface area contributed by atoms with Crippen molar-refractivity contribution in [1.82, 2.24) is 5.32 Å². The van der Waals surface area contributed by atoms with Crippen LogP contribution in [0.4, 0.5) is 8.78 Å². The fraction of sp³-hybridized carbons (Fsp3) is 0.500. The number of nitrogens with one attached hydrogen (secondary N) is 1. The van der Waals surface area contributed by atoms with Gasteiger partial charge in [0.2, 0.25) is 0 Å². The van der Waals surface area contributed by atoms with Crippen LogP contribution < -0.4 is 5.32 Å². The molecule has 0 amide bonds. The molecule has 1 rings (SSSR count). The molecule has 2 atom stereocenters. The Bertz CT molecular complexity index is 409. The maximum atomic E-state index is 13.3. The molecule has 102 valence electrons. The van der Waals surface area contributed by atoms with E-state index in [4.69, 9.17) is 4.55 Å².